The van der Waals surface area contributed by atoms with E-state index in [1.54, 1.807) is 54.7 Å². The van der Waals surface area contributed by atoms with Gasteiger partial charge in [-0.05, 0) is 42.8 Å². The molecule has 1 aliphatic heterocycles. The molecule has 0 fully saturated rings. The number of carbonyl (C=O) groups excluding carboxylic acids is 3. The first-order valence-corrected chi connectivity index (χ1v) is 10.1. The van der Waals surface area contributed by atoms with Crippen LogP contribution in [0.3, 0.4) is 0 Å². The lowest BCUT2D eigenvalue weighted by atomic mass is 10.0. The summed E-state index contributed by atoms with van der Waals surface area (Å²) in [5.74, 6) is -1.76. The zero-order valence-electron chi connectivity index (χ0n) is 17.1. The normalized spacial score (nSPS) is 16.9. The predicted molar refractivity (Wildman–Crippen MR) is 114 cm³/mol. The van der Waals surface area contributed by atoms with Crippen LogP contribution in [0.2, 0.25) is 0 Å². The number of ketones is 3. The molecule has 4 rings (SSSR count). The van der Waals surface area contributed by atoms with Crippen molar-refractivity contribution in [2.45, 2.75) is 18.6 Å². The summed E-state index contributed by atoms with van der Waals surface area (Å²) in [7, 11) is 0. The maximum absolute atomic E-state index is 13.2. The molecule has 8 heteroatoms. The number of hydroxylamine groups is 2. The van der Waals surface area contributed by atoms with E-state index >= 15 is 0 Å². The van der Waals surface area contributed by atoms with Gasteiger partial charge in [-0.25, -0.2) is 0 Å². The summed E-state index contributed by atoms with van der Waals surface area (Å²) in [6.07, 6.45) is 7.30. The van der Waals surface area contributed by atoms with Crippen LogP contribution in [0.5, 0.6) is 0 Å². The molecule has 3 aromatic rings. The van der Waals surface area contributed by atoms with E-state index in [0.29, 0.717) is 5.69 Å². The molecule has 0 aromatic carbocycles. The van der Waals surface area contributed by atoms with Crippen molar-refractivity contribution in [1.82, 2.24) is 20.0 Å². The lowest BCUT2D eigenvalue weighted by Gasteiger charge is -2.32. The van der Waals surface area contributed by atoms with Crippen molar-refractivity contribution in [3.8, 4) is 0 Å². The number of pyridine rings is 3. The largest absolute Gasteiger partial charge is 0.289 e. The van der Waals surface area contributed by atoms with Crippen molar-refractivity contribution in [3.05, 3.63) is 102 Å². The molecule has 0 aliphatic carbocycles. The van der Waals surface area contributed by atoms with Gasteiger partial charge in [-0.2, -0.15) is 5.06 Å². The van der Waals surface area contributed by atoms with Crippen LogP contribution in [0.25, 0.3) is 0 Å². The molecule has 2 atom stereocenters. The molecule has 0 spiro atoms. The second kappa shape index (κ2) is 9.95. The standard InChI is InChI=1S/C24H20N4O4/c29-21(17-9-1-5-13-25-17)23(31)20-12-4-8-16-28(20)32-24(19-11-3-7-15-27-19)22(30)18-10-2-6-14-26-18/h1-11,13-15,20,24H,12,16H2. The Labute approximate surface area is 184 Å². The summed E-state index contributed by atoms with van der Waals surface area (Å²) in [5, 5.41) is 1.36. The lowest BCUT2D eigenvalue weighted by Crippen LogP contribution is -2.47. The van der Waals surface area contributed by atoms with Crippen LogP contribution in [0.4, 0.5) is 0 Å². The topological polar surface area (TPSA) is 102 Å². The number of hydrogen-bond donors (Lipinski definition) is 0. The van der Waals surface area contributed by atoms with Gasteiger partial charge < -0.3 is 0 Å². The van der Waals surface area contributed by atoms with Gasteiger partial charge in [0.25, 0.3) is 0 Å². The first-order valence-electron chi connectivity index (χ1n) is 10.1. The average Bonchev–Trinajstić information content (AvgIpc) is 2.88. The zero-order valence-corrected chi connectivity index (χ0v) is 17.1. The van der Waals surface area contributed by atoms with Gasteiger partial charge in [0.05, 0.1) is 5.69 Å². The Bertz CT molecular complexity index is 1120. The summed E-state index contributed by atoms with van der Waals surface area (Å²) in [6, 6.07) is 14.1. The van der Waals surface area contributed by atoms with Gasteiger partial charge in [-0.1, -0.05) is 30.4 Å². The van der Waals surface area contributed by atoms with Crippen LogP contribution in [-0.4, -0.2) is 50.0 Å². The quantitative estimate of drug-likeness (QED) is 0.307. The van der Waals surface area contributed by atoms with Crippen LogP contribution in [0.15, 0.2) is 85.3 Å². The maximum atomic E-state index is 13.2. The molecular formula is C24H20N4O4. The van der Waals surface area contributed by atoms with E-state index in [1.807, 2.05) is 12.2 Å². The van der Waals surface area contributed by atoms with Gasteiger partial charge in [0, 0.05) is 25.1 Å². The second-order valence-electron chi connectivity index (χ2n) is 7.05. The number of nitrogens with zero attached hydrogens (tertiary/aromatic N) is 4. The van der Waals surface area contributed by atoms with Crippen LogP contribution in [0, 0.1) is 0 Å². The molecule has 0 radical (unpaired) electrons. The van der Waals surface area contributed by atoms with E-state index in [4.69, 9.17) is 4.84 Å². The fourth-order valence-corrected chi connectivity index (χ4v) is 3.32. The molecule has 0 amide bonds. The molecular weight excluding hydrogens is 408 g/mol. The third-order valence-corrected chi connectivity index (χ3v) is 4.94. The molecule has 160 valence electrons. The smallest absolute Gasteiger partial charge is 0.248 e. The maximum Gasteiger partial charge on any atom is 0.248 e. The highest BCUT2D eigenvalue weighted by molar-refractivity contribution is 6.44. The van der Waals surface area contributed by atoms with Gasteiger partial charge in [-0.15, -0.1) is 0 Å². The highest BCUT2D eigenvalue weighted by Crippen LogP contribution is 2.25. The van der Waals surface area contributed by atoms with Crippen molar-refractivity contribution < 1.29 is 19.2 Å². The Balaban J connectivity index is 1.61. The SMILES string of the molecule is O=C(C(=O)C1CC=CCN1OC(C(=O)c1ccccn1)c1ccccn1)c1ccccn1. The Morgan fingerprint density at radius 1 is 0.844 bits per heavy atom. The number of hydrogen-bond acceptors (Lipinski definition) is 8. The van der Waals surface area contributed by atoms with E-state index in [2.05, 4.69) is 15.0 Å². The molecule has 0 N–H and O–H groups in total. The predicted octanol–water partition coefficient (Wildman–Crippen LogP) is 2.81. The van der Waals surface area contributed by atoms with Gasteiger partial charge in [-0.3, -0.25) is 34.2 Å². The Morgan fingerprint density at radius 2 is 1.50 bits per heavy atom. The zero-order chi connectivity index (χ0) is 22.3. The minimum absolute atomic E-state index is 0.0674. The van der Waals surface area contributed by atoms with Crippen molar-refractivity contribution in [2.24, 2.45) is 0 Å². The fourth-order valence-electron chi connectivity index (χ4n) is 3.32. The van der Waals surface area contributed by atoms with E-state index in [-0.39, 0.29) is 24.4 Å². The van der Waals surface area contributed by atoms with E-state index in [1.165, 1.54) is 23.5 Å². The number of Topliss-reactive ketones (excluding diaryl/α,β-unsaturated/α-hetero) is 3. The van der Waals surface area contributed by atoms with Crippen LogP contribution < -0.4 is 0 Å². The van der Waals surface area contributed by atoms with Crippen molar-refractivity contribution in [3.63, 3.8) is 0 Å². The molecule has 0 bridgehead atoms. The van der Waals surface area contributed by atoms with Gasteiger partial charge in [0.1, 0.15) is 17.4 Å². The number of aromatic nitrogens is 3. The van der Waals surface area contributed by atoms with Crippen LogP contribution in [-0.2, 0) is 9.63 Å². The van der Waals surface area contributed by atoms with Crippen LogP contribution >= 0.6 is 0 Å². The summed E-state index contributed by atoms with van der Waals surface area (Å²) < 4.78 is 0. The molecule has 32 heavy (non-hydrogen) atoms. The van der Waals surface area contributed by atoms with Gasteiger partial charge in [0.15, 0.2) is 6.10 Å². The van der Waals surface area contributed by atoms with Crippen molar-refractivity contribution >= 4 is 17.3 Å². The van der Waals surface area contributed by atoms with Crippen molar-refractivity contribution in [1.29, 1.82) is 0 Å². The summed E-state index contributed by atoms with van der Waals surface area (Å²) in [5.41, 5.74) is 0.654. The van der Waals surface area contributed by atoms with Crippen molar-refractivity contribution in [2.75, 3.05) is 6.54 Å². The Kier molecular flexibility index (Phi) is 6.64. The molecule has 0 saturated carbocycles. The minimum atomic E-state index is -1.13. The summed E-state index contributed by atoms with van der Waals surface area (Å²) in [4.78, 5) is 57.3. The first kappa shape index (κ1) is 21.4. The van der Waals surface area contributed by atoms with E-state index in [9.17, 15) is 14.4 Å². The Hall–Kier alpha value is -3.88. The molecule has 4 heterocycles. The highest BCUT2D eigenvalue weighted by atomic mass is 16.7. The number of carbonyl (C=O) groups is 3. The molecule has 0 saturated heterocycles. The minimum Gasteiger partial charge on any atom is -0.289 e. The molecule has 3 aromatic heterocycles. The van der Waals surface area contributed by atoms with Crippen LogP contribution in [0.1, 0.15) is 39.2 Å². The third-order valence-electron chi connectivity index (χ3n) is 4.94. The molecule has 8 nitrogen and oxygen atoms in total. The highest BCUT2D eigenvalue weighted by Gasteiger charge is 2.37. The molecule has 2 unspecified atom stereocenters. The fraction of sp³-hybridized carbons (Fsp3) is 0.167. The monoisotopic (exact) mass is 428 g/mol. The summed E-state index contributed by atoms with van der Waals surface area (Å²) >= 11 is 0. The number of rotatable bonds is 8. The average molecular weight is 428 g/mol. The van der Waals surface area contributed by atoms with E-state index < -0.39 is 29.5 Å². The lowest BCUT2D eigenvalue weighted by molar-refractivity contribution is -0.205. The van der Waals surface area contributed by atoms with Gasteiger partial charge >= 0.3 is 0 Å². The first-order chi connectivity index (χ1) is 15.6. The van der Waals surface area contributed by atoms with Gasteiger partial charge in [0.2, 0.25) is 17.3 Å². The van der Waals surface area contributed by atoms with E-state index in [0.717, 1.165) is 0 Å². The summed E-state index contributed by atoms with van der Waals surface area (Å²) in [6.45, 7) is 0.227. The third kappa shape index (κ3) is 4.72. The molecule has 1 aliphatic rings. The Morgan fingerprint density at radius 3 is 2.12 bits per heavy atom. The second-order valence-corrected chi connectivity index (χ2v) is 7.05.